The molecule has 0 saturated heterocycles. The minimum Gasteiger partial charge on any atom is -0.505 e. The van der Waals surface area contributed by atoms with Crippen molar-refractivity contribution in [2.75, 3.05) is 0 Å². The van der Waals surface area contributed by atoms with Gasteiger partial charge in [0.1, 0.15) is 5.69 Å². The molecule has 1 heterocycles. The fourth-order valence-electron chi connectivity index (χ4n) is 0.810. The Balaban J connectivity index is 3.25. The molecule has 0 spiro atoms. The fraction of sp³-hybridized carbons (Fsp3) is 0.286. The van der Waals surface area contributed by atoms with Gasteiger partial charge in [0.05, 0.1) is 15.9 Å². The molecular formula is C7H6F2INO2. The molecule has 0 amide bonds. The Morgan fingerprint density at radius 1 is 1.54 bits per heavy atom. The van der Waals surface area contributed by atoms with Gasteiger partial charge in [0.15, 0.2) is 5.75 Å². The minimum absolute atomic E-state index is 0.123. The molecule has 0 radical (unpaired) electrons. The summed E-state index contributed by atoms with van der Waals surface area (Å²) in [5.41, 5.74) is -0.562. The van der Waals surface area contributed by atoms with Crippen molar-refractivity contribution in [1.82, 2.24) is 4.98 Å². The molecule has 1 aromatic rings. The molecule has 13 heavy (non-hydrogen) atoms. The summed E-state index contributed by atoms with van der Waals surface area (Å²) < 4.78 is 24.7. The summed E-state index contributed by atoms with van der Waals surface area (Å²) in [5, 5.41) is 17.8. The second kappa shape index (κ2) is 4.14. The third-order valence-electron chi connectivity index (χ3n) is 1.39. The molecule has 6 heteroatoms. The number of alkyl halides is 2. The van der Waals surface area contributed by atoms with E-state index in [2.05, 4.69) is 4.98 Å². The second-order valence-electron chi connectivity index (χ2n) is 2.29. The number of aliphatic hydroxyl groups is 1. The Bertz CT molecular complexity index is 320. The summed E-state index contributed by atoms with van der Waals surface area (Å²) in [6.07, 6.45) is -2.83. The quantitative estimate of drug-likeness (QED) is 0.819. The van der Waals surface area contributed by atoms with Crippen molar-refractivity contribution in [3.63, 3.8) is 0 Å². The molecule has 1 rings (SSSR count). The summed E-state index contributed by atoms with van der Waals surface area (Å²) >= 11 is 1.70. The lowest BCUT2D eigenvalue weighted by atomic mass is 10.3. The SMILES string of the molecule is OCc1cc(I)c(O)c(C(F)F)n1. The van der Waals surface area contributed by atoms with Gasteiger partial charge in [-0.3, -0.25) is 0 Å². The highest BCUT2D eigenvalue weighted by molar-refractivity contribution is 14.1. The normalized spacial score (nSPS) is 10.8. The monoisotopic (exact) mass is 301 g/mol. The standard InChI is InChI=1S/C7H6F2INO2/c8-7(9)5-6(13)4(10)1-3(2-12)11-5/h1,7,12-13H,2H2. The van der Waals surface area contributed by atoms with E-state index in [-0.39, 0.29) is 9.26 Å². The Hall–Kier alpha value is -0.500. The number of halogens is 3. The Labute approximate surface area is 86.6 Å². The summed E-state index contributed by atoms with van der Waals surface area (Å²) in [5.74, 6) is -0.521. The molecule has 0 bridgehead atoms. The zero-order valence-electron chi connectivity index (χ0n) is 6.34. The molecule has 72 valence electrons. The molecule has 0 saturated carbocycles. The maximum absolute atomic E-state index is 12.2. The second-order valence-corrected chi connectivity index (χ2v) is 3.45. The molecule has 0 aliphatic heterocycles. The van der Waals surface area contributed by atoms with Gasteiger partial charge in [0.25, 0.3) is 6.43 Å². The maximum Gasteiger partial charge on any atom is 0.284 e. The third-order valence-corrected chi connectivity index (χ3v) is 2.22. The molecule has 3 nitrogen and oxygen atoms in total. The van der Waals surface area contributed by atoms with E-state index in [9.17, 15) is 8.78 Å². The summed E-state index contributed by atoms with van der Waals surface area (Å²) in [6, 6.07) is 1.35. The number of hydrogen-bond donors (Lipinski definition) is 2. The Morgan fingerprint density at radius 2 is 2.15 bits per heavy atom. The van der Waals surface area contributed by atoms with Crippen molar-refractivity contribution in [2.45, 2.75) is 13.0 Å². The molecule has 2 N–H and O–H groups in total. The molecule has 1 aromatic heterocycles. The molecule has 0 unspecified atom stereocenters. The van der Waals surface area contributed by atoms with Crippen LogP contribution in [0.4, 0.5) is 8.78 Å². The van der Waals surface area contributed by atoms with Crippen LogP contribution in [0, 0.1) is 3.57 Å². The molecule has 0 aromatic carbocycles. The van der Waals surface area contributed by atoms with Crippen molar-refractivity contribution < 1.29 is 19.0 Å². The smallest absolute Gasteiger partial charge is 0.284 e. The van der Waals surface area contributed by atoms with Gasteiger partial charge in [-0.25, -0.2) is 13.8 Å². The highest BCUT2D eigenvalue weighted by Gasteiger charge is 2.18. The van der Waals surface area contributed by atoms with Crippen molar-refractivity contribution in [3.8, 4) is 5.75 Å². The lowest BCUT2D eigenvalue weighted by molar-refractivity contribution is 0.140. The van der Waals surface area contributed by atoms with Gasteiger partial charge < -0.3 is 10.2 Å². The van der Waals surface area contributed by atoms with Crippen LogP contribution in [0.25, 0.3) is 0 Å². The van der Waals surface area contributed by atoms with E-state index in [0.29, 0.717) is 0 Å². The first-order valence-electron chi connectivity index (χ1n) is 3.33. The van der Waals surface area contributed by atoms with Gasteiger partial charge in [-0.15, -0.1) is 0 Å². The lowest BCUT2D eigenvalue weighted by Gasteiger charge is -2.06. The largest absolute Gasteiger partial charge is 0.505 e. The number of pyridine rings is 1. The van der Waals surface area contributed by atoms with Crippen LogP contribution in [0.2, 0.25) is 0 Å². The third kappa shape index (κ3) is 2.25. The number of aliphatic hydroxyl groups excluding tert-OH is 1. The predicted octanol–water partition coefficient (Wildman–Crippen LogP) is 1.82. The van der Waals surface area contributed by atoms with Gasteiger partial charge in [0, 0.05) is 0 Å². The zero-order valence-corrected chi connectivity index (χ0v) is 8.49. The van der Waals surface area contributed by atoms with Crippen LogP contribution in [0.15, 0.2) is 6.07 Å². The lowest BCUT2D eigenvalue weighted by Crippen LogP contribution is -1.98. The Morgan fingerprint density at radius 3 is 2.62 bits per heavy atom. The van der Waals surface area contributed by atoms with Gasteiger partial charge in [-0.05, 0) is 28.7 Å². The van der Waals surface area contributed by atoms with E-state index in [0.717, 1.165) is 0 Å². The molecule has 0 aliphatic rings. The van der Waals surface area contributed by atoms with Crippen molar-refractivity contribution in [2.24, 2.45) is 0 Å². The summed E-state index contributed by atoms with van der Waals surface area (Å²) in [6.45, 7) is -0.421. The van der Waals surface area contributed by atoms with Crippen molar-refractivity contribution in [1.29, 1.82) is 0 Å². The first-order chi connectivity index (χ1) is 6.06. The van der Waals surface area contributed by atoms with Crippen LogP contribution in [0.5, 0.6) is 5.75 Å². The zero-order chi connectivity index (χ0) is 10.0. The van der Waals surface area contributed by atoms with Crippen LogP contribution >= 0.6 is 22.6 Å². The molecule has 0 aliphatic carbocycles. The molecule has 0 atom stereocenters. The van der Waals surface area contributed by atoms with E-state index in [1.807, 2.05) is 0 Å². The Kier molecular flexibility index (Phi) is 3.37. The van der Waals surface area contributed by atoms with E-state index in [1.165, 1.54) is 6.07 Å². The number of rotatable bonds is 2. The van der Waals surface area contributed by atoms with Gasteiger partial charge in [-0.1, -0.05) is 0 Å². The first-order valence-corrected chi connectivity index (χ1v) is 4.41. The van der Waals surface area contributed by atoms with Crippen molar-refractivity contribution >= 4 is 22.6 Å². The van der Waals surface area contributed by atoms with E-state index < -0.39 is 24.5 Å². The van der Waals surface area contributed by atoms with Crippen LogP contribution < -0.4 is 0 Å². The minimum atomic E-state index is -2.83. The van der Waals surface area contributed by atoms with E-state index in [4.69, 9.17) is 10.2 Å². The highest BCUT2D eigenvalue weighted by Crippen LogP contribution is 2.30. The number of aromatic nitrogens is 1. The predicted molar refractivity (Wildman–Crippen MR) is 49.5 cm³/mol. The fourth-order valence-corrected chi connectivity index (χ4v) is 1.45. The topological polar surface area (TPSA) is 53.4 Å². The van der Waals surface area contributed by atoms with Gasteiger partial charge in [0.2, 0.25) is 0 Å². The van der Waals surface area contributed by atoms with E-state index >= 15 is 0 Å². The number of aromatic hydroxyl groups is 1. The number of hydrogen-bond acceptors (Lipinski definition) is 3. The van der Waals surface area contributed by atoms with E-state index in [1.54, 1.807) is 22.6 Å². The van der Waals surface area contributed by atoms with Crippen LogP contribution in [0.1, 0.15) is 17.8 Å². The van der Waals surface area contributed by atoms with Crippen LogP contribution in [-0.2, 0) is 6.61 Å². The summed E-state index contributed by atoms with van der Waals surface area (Å²) in [7, 11) is 0. The average molecular weight is 301 g/mol. The summed E-state index contributed by atoms with van der Waals surface area (Å²) in [4.78, 5) is 3.40. The maximum atomic E-state index is 12.2. The van der Waals surface area contributed by atoms with Gasteiger partial charge >= 0.3 is 0 Å². The van der Waals surface area contributed by atoms with Crippen molar-refractivity contribution in [3.05, 3.63) is 21.0 Å². The highest BCUT2D eigenvalue weighted by atomic mass is 127. The van der Waals surface area contributed by atoms with Crippen LogP contribution in [-0.4, -0.2) is 15.2 Å². The number of nitrogens with zero attached hydrogens (tertiary/aromatic N) is 1. The van der Waals surface area contributed by atoms with Gasteiger partial charge in [-0.2, -0.15) is 0 Å². The first kappa shape index (κ1) is 10.6. The molecule has 0 fully saturated rings. The molecular weight excluding hydrogens is 295 g/mol. The van der Waals surface area contributed by atoms with Crippen LogP contribution in [0.3, 0.4) is 0 Å². The average Bonchev–Trinajstić information content (AvgIpc) is 2.09.